The minimum absolute atomic E-state index is 0.0390. The number of hydrogen-bond donors (Lipinski definition) is 0. The van der Waals surface area contributed by atoms with Gasteiger partial charge in [0.2, 0.25) is 0 Å². The van der Waals surface area contributed by atoms with E-state index in [4.69, 9.17) is 9.72 Å². The topological polar surface area (TPSA) is 33.5 Å². The maximum atomic E-state index is 6.91. The highest BCUT2D eigenvalue weighted by atomic mass is 16.5. The smallest absolute Gasteiger partial charge is 0.137 e. The Bertz CT molecular complexity index is 3660. The fraction of sp³-hybridized carbons (Fsp3) is 0.185. The number of rotatable bonds is 7. The van der Waals surface area contributed by atoms with Gasteiger partial charge in [-0.3, -0.25) is 4.57 Å². The van der Waals surface area contributed by atoms with Crippen molar-refractivity contribution in [3.63, 3.8) is 0 Å². The van der Waals surface area contributed by atoms with Gasteiger partial charge in [-0.05, 0) is 116 Å². The van der Waals surface area contributed by atoms with Gasteiger partial charge in [-0.1, -0.05) is 171 Å². The average Bonchev–Trinajstić information content (AvgIpc) is 3.99. The molecule has 1 aliphatic heterocycles. The monoisotopic (exact) mass is 910 g/mol. The lowest BCUT2D eigenvalue weighted by Gasteiger charge is -2.28. The SMILES string of the molecule is CC(C)(C)c1ccc(-c2ccc3c(c2)c2ccc(Oc4cccc(N5CN(c6c(-c7ccccc7)ccc7c6-c6ccccc6C7(C)C)c6ccccc65)c4)cc2n3-c2cc(C(C)(C)C)ccn2)cc1. The van der Waals surface area contributed by atoms with Crippen LogP contribution in [0.25, 0.3) is 61.0 Å². The lowest BCUT2D eigenvalue weighted by molar-refractivity contribution is 0.483. The molecule has 5 heteroatoms. The largest absolute Gasteiger partial charge is 0.457 e. The molecule has 2 aromatic heterocycles. The fourth-order valence-corrected chi connectivity index (χ4v) is 11.0. The quantitative estimate of drug-likeness (QED) is 0.160. The molecule has 344 valence electrons. The van der Waals surface area contributed by atoms with Crippen LogP contribution >= 0.6 is 0 Å². The summed E-state index contributed by atoms with van der Waals surface area (Å²) in [4.78, 5) is 9.95. The van der Waals surface area contributed by atoms with Gasteiger partial charge >= 0.3 is 0 Å². The van der Waals surface area contributed by atoms with E-state index in [9.17, 15) is 0 Å². The molecular formula is C65H58N4O. The Labute approximate surface area is 412 Å². The fourth-order valence-electron chi connectivity index (χ4n) is 11.0. The molecule has 70 heavy (non-hydrogen) atoms. The van der Waals surface area contributed by atoms with Crippen LogP contribution in [0, 0.1) is 0 Å². The zero-order chi connectivity index (χ0) is 48.1. The van der Waals surface area contributed by atoms with Gasteiger partial charge in [0.15, 0.2) is 0 Å². The van der Waals surface area contributed by atoms with Crippen LogP contribution in [0.5, 0.6) is 11.5 Å². The lowest BCUT2D eigenvalue weighted by Crippen LogP contribution is -2.25. The van der Waals surface area contributed by atoms with Crippen LogP contribution < -0.4 is 14.5 Å². The zero-order valence-electron chi connectivity index (χ0n) is 41.4. The molecule has 0 saturated carbocycles. The van der Waals surface area contributed by atoms with E-state index >= 15 is 0 Å². The first-order chi connectivity index (χ1) is 33.7. The Kier molecular flexibility index (Phi) is 9.98. The third-order valence-electron chi connectivity index (χ3n) is 14.8. The van der Waals surface area contributed by atoms with Crippen molar-refractivity contribution in [2.75, 3.05) is 16.5 Å². The number of ether oxygens (including phenoxy) is 1. The molecule has 0 amide bonds. The van der Waals surface area contributed by atoms with Gasteiger partial charge in [-0.2, -0.15) is 0 Å². The maximum absolute atomic E-state index is 6.91. The third-order valence-corrected chi connectivity index (χ3v) is 14.8. The highest BCUT2D eigenvalue weighted by Gasteiger charge is 2.40. The van der Waals surface area contributed by atoms with E-state index in [0.29, 0.717) is 6.67 Å². The average molecular weight is 911 g/mol. The van der Waals surface area contributed by atoms with Crippen LogP contribution in [0.15, 0.2) is 194 Å². The van der Waals surface area contributed by atoms with E-state index in [0.717, 1.165) is 45.1 Å². The standard InChI is InChI=1S/C65H58N4O/c1-63(2,3)45-28-25-42(26-29-45)44-27-34-56-53(37-44)51-31-30-49(40-59(51)69(56)60-38-46(35-36-66-60)64(4,5)6)70-48-20-16-19-47(39-48)67-41-68(58-24-15-14-23-57(58)67)62-50(43-17-10-9-11-18-43)32-33-55-61(62)52-21-12-13-22-54(52)65(55,7)8/h9-40H,41H2,1-8H3. The van der Waals surface area contributed by atoms with Gasteiger partial charge in [0, 0.05) is 51.3 Å². The van der Waals surface area contributed by atoms with E-state index in [-0.39, 0.29) is 16.2 Å². The van der Waals surface area contributed by atoms with E-state index in [1.165, 1.54) is 72.4 Å². The first-order valence-corrected chi connectivity index (χ1v) is 24.6. The highest BCUT2D eigenvalue weighted by Crippen LogP contribution is 2.58. The second-order valence-electron chi connectivity index (χ2n) is 21.7. The highest BCUT2D eigenvalue weighted by molar-refractivity contribution is 6.11. The van der Waals surface area contributed by atoms with Crippen molar-refractivity contribution >= 4 is 44.6 Å². The van der Waals surface area contributed by atoms with Crippen molar-refractivity contribution in [3.05, 3.63) is 217 Å². The third kappa shape index (κ3) is 7.17. The summed E-state index contributed by atoms with van der Waals surface area (Å²) in [5.74, 6) is 2.42. The van der Waals surface area contributed by atoms with Crippen molar-refractivity contribution in [2.24, 2.45) is 0 Å². The summed E-state index contributed by atoms with van der Waals surface area (Å²) in [6.07, 6.45) is 1.94. The lowest BCUT2D eigenvalue weighted by atomic mass is 9.82. The molecule has 0 atom stereocenters. The van der Waals surface area contributed by atoms with Crippen LogP contribution in [-0.2, 0) is 16.2 Å². The van der Waals surface area contributed by atoms with Crippen LogP contribution in [0.4, 0.5) is 22.7 Å². The van der Waals surface area contributed by atoms with Crippen molar-refractivity contribution in [2.45, 2.75) is 71.6 Å². The number of hydrogen-bond acceptors (Lipinski definition) is 4. The summed E-state index contributed by atoms with van der Waals surface area (Å²) >= 11 is 0. The molecule has 3 heterocycles. The molecule has 8 aromatic carbocycles. The van der Waals surface area contributed by atoms with E-state index in [1.54, 1.807) is 0 Å². The molecule has 1 aliphatic carbocycles. The Morgan fingerprint density at radius 1 is 0.486 bits per heavy atom. The summed E-state index contributed by atoms with van der Waals surface area (Å²) < 4.78 is 9.21. The van der Waals surface area contributed by atoms with Gasteiger partial charge in [0.1, 0.15) is 24.0 Å². The molecular weight excluding hydrogens is 853 g/mol. The second-order valence-corrected chi connectivity index (χ2v) is 21.7. The predicted molar refractivity (Wildman–Crippen MR) is 293 cm³/mol. The summed E-state index contributed by atoms with van der Waals surface area (Å²) in [7, 11) is 0. The molecule has 0 bridgehead atoms. The van der Waals surface area contributed by atoms with Crippen molar-refractivity contribution in [1.82, 2.24) is 9.55 Å². The molecule has 0 fully saturated rings. The first kappa shape index (κ1) is 43.4. The minimum atomic E-state index is -0.132. The first-order valence-electron chi connectivity index (χ1n) is 24.6. The Hall–Kier alpha value is -7.89. The van der Waals surface area contributed by atoms with Gasteiger partial charge in [0.25, 0.3) is 0 Å². The minimum Gasteiger partial charge on any atom is -0.457 e. The number of fused-ring (bicyclic) bond motifs is 7. The second kappa shape index (κ2) is 16.1. The molecule has 0 saturated heterocycles. The van der Waals surface area contributed by atoms with Crippen LogP contribution in [0.3, 0.4) is 0 Å². The number of anilines is 4. The van der Waals surface area contributed by atoms with Gasteiger partial charge < -0.3 is 14.5 Å². The number of aromatic nitrogens is 2. The number of para-hydroxylation sites is 2. The van der Waals surface area contributed by atoms with E-state index in [1.807, 2.05) is 6.20 Å². The molecule has 0 radical (unpaired) electrons. The molecule has 0 spiro atoms. The molecule has 2 aliphatic rings. The zero-order valence-corrected chi connectivity index (χ0v) is 41.4. The van der Waals surface area contributed by atoms with Crippen LogP contribution in [0.2, 0.25) is 0 Å². The summed E-state index contributed by atoms with van der Waals surface area (Å²) in [5.41, 5.74) is 19.4. The number of nitrogens with zero attached hydrogens (tertiary/aromatic N) is 4. The van der Waals surface area contributed by atoms with E-state index in [2.05, 4.69) is 258 Å². The molecule has 0 unspecified atom stereocenters. The number of benzene rings is 8. The van der Waals surface area contributed by atoms with Gasteiger partial charge in [0.05, 0.1) is 28.1 Å². The maximum Gasteiger partial charge on any atom is 0.137 e. The van der Waals surface area contributed by atoms with Crippen molar-refractivity contribution in [1.29, 1.82) is 0 Å². The normalized spacial score (nSPS) is 14.0. The Morgan fingerprint density at radius 3 is 1.96 bits per heavy atom. The summed E-state index contributed by atoms with van der Waals surface area (Å²) in [5, 5.41) is 2.32. The van der Waals surface area contributed by atoms with Crippen LogP contribution in [-0.4, -0.2) is 16.2 Å². The summed E-state index contributed by atoms with van der Waals surface area (Å²) in [6, 6.07) is 68.6. The van der Waals surface area contributed by atoms with Crippen molar-refractivity contribution in [3.8, 4) is 50.7 Å². The van der Waals surface area contributed by atoms with E-state index < -0.39 is 0 Å². The molecule has 10 aromatic rings. The Balaban J connectivity index is 0.937. The van der Waals surface area contributed by atoms with Gasteiger partial charge in [-0.15, -0.1) is 0 Å². The predicted octanol–water partition coefficient (Wildman–Crippen LogP) is 17.5. The molecule has 12 rings (SSSR count). The summed E-state index contributed by atoms with van der Waals surface area (Å²) in [6.45, 7) is 18.9. The number of pyridine rings is 1. The molecule has 5 nitrogen and oxygen atoms in total. The van der Waals surface area contributed by atoms with Crippen molar-refractivity contribution < 1.29 is 4.74 Å². The Morgan fingerprint density at radius 2 is 1.19 bits per heavy atom. The van der Waals surface area contributed by atoms with Crippen LogP contribution in [0.1, 0.15) is 77.6 Å². The van der Waals surface area contributed by atoms with Gasteiger partial charge in [-0.25, -0.2) is 4.98 Å². The molecule has 0 N–H and O–H groups in total.